The molecule has 1 aromatic heterocycles. The summed E-state index contributed by atoms with van der Waals surface area (Å²) in [4.78, 5) is 28.7. The van der Waals surface area contributed by atoms with Gasteiger partial charge < -0.3 is 15.0 Å². The quantitative estimate of drug-likeness (QED) is 0.777. The first kappa shape index (κ1) is 16.7. The number of rotatable bonds is 6. The minimum atomic E-state index is -0.175. The minimum Gasteiger partial charge on any atom is -0.379 e. The lowest BCUT2D eigenvalue weighted by Crippen LogP contribution is -2.51. The van der Waals surface area contributed by atoms with E-state index in [1.807, 2.05) is 0 Å². The number of hydrogen-bond acceptors (Lipinski definition) is 4. The second-order valence-electron chi connectivity index (χ2n) is 6.03. The molecule has 1 fully saturated rings. The first-order valence-electron chi connectivity index (χ1n) is 7.78. The van der Waals surface area contributed by atoms with Crippen LogP contribution < -0.4 is 5.32 Å². The van der Waals surface area contributed by atoms with Crippen LogP contribution >= 0.6 is 0 Å². The zero-order valence-corrected chi connectivity index (χ0v) is 13.5. The molecule has 1 atom stereocenters. The van der Waals surface area contributed by atoms with Crippen LogP contribution in [0.4, 0.5) is 0 Å². The van der Waals surface area contributed by atoms with Crippen molar-refractivity contribution in [1.29, 1.82) is 0 Å². The predicted octanol–water partition coefficient (Wildman–Crippen LogP) is 1.30. The van der Waals surface area contributed by atoms with Crippen molar-refractivity contribution in [2.24, 2.45) is 5.92 Å². The average Bonchev–Trinajstić information content (AvgIpc) is 2.98. The number of nitrogens with zero attached hydrogens (tertiary/aromatic N) is 1. The van der Waals surface area contributed by atoms with Crippen molar-refractivity contribution in [2.45, 2.75) is 26.8 Å². The standard InChI is InChI=1S/C16H25N3O3/c1-11(2)15(19-4-6-22-7-5-19)10-18-16(21)14-8-13(9-17-14)12(3)20/h8-9,11,15,17H,4-7,10H2,1-3H3,(H,18,21). The number of ketones is 1. The van der Waals surface area contributed by atoms with E-state index in [2.05, 4.69) is 29.0 Å². The van der Waals surface area contributed by atoms with Gasteiger partial charge in [0.25, 0.3) is 5.91 Å². The number of aromatic amines is 1. The molecule has 2 N–H and O–H groups in total. The summed E-state index contributed by atoms with van der Waals surface area (Å²) in [5.41, 5.74) is 0.952. The van der Waals surface area contributed by atoms with Gasteiger partial charge in [0.15, 0.2) is 5.78 Å². The number of hydrogen-bond donors (Lipinski definition) is 2. The summed E-state index contributed by atoms with van der Waals surface area (Å²) < 4.78 is 5.38. The first-order valence-corrected chi connectivity index (χ1v) is 7.78. The molecule has 122 valence electrons. The summed E-state index contributed by atoms with van der Waals surface area (Å²) in [6.45, 7) is 9.68. The average molecular weight is 307 g/mol. The molecule has 1 amide bonds. The number of aromatic nitrogens is 1. The molecule has 0 spiro atoms. The van der Waals surface area contributed by atoms with Gasteiger partial charge in [0.2, 0.25) is 0 Å². The van der Waals surface area contributed by atoms with Crippen LogP contribution in [0.2, 0.25) is 0 Å². The van der Waals surface area contributed by atoms with Gasteiger partial charge in [-0.2, -0.15) is 0 Å². The highest BCUT2D eigenvalue weighted by atomic mass is 16.5. The van der Waals surface area contributed by atoms with Crippen LogP contribution in [0.15, 0.2) is 12.3 Å². The molecule has 2 rings (SSSR count). The summed E-state index contributed by atoms with van der Waals surface area (Å²) >= 11 is 0. The number of amides is 1. The molecule has 0 aliphatic carbocycles. The van der Waals surface area contributed by atoms with Crippen molar-refractivity contribution >= 4 is 11.7 Å². The van der Waals surface area contributed by atoms with E-state index in [0.29, 0.717) is 23.7 Å². The number of ether oxygens (including phenoxy) is 1. The van der Waals surface area contributed by atoms with Crippen molar-refractivity contribution in [3.63, 3.8) is 0 Å². The van der Waals surface area contributed by atoms with E-state index in [4.69, 9.17) is 4.74 Å². The van der Waals surface area contributed by atoms with E-state index >= 15 is 0 Å². The van der Waals surface area contributed by atoms with Crippen LogP contribution in [0.1, 0.15) is 41.6 Å². The molecule has 6 heteroatoms. The third kappa shape index (κ3) is 4.18. The second-order valence-corrected chi connectivity index (χ2v) is 6.03. The zero-order valence-electron chi connectivity index (χ0n) is 13.5. The van der Waals surface area contributed by atoms with E-state index in [9.17, 15) is 9.59 Å². The van der Waals surface area contributed by atoms with Gasteiger partial charge in [-0.1, -0.05) is 13.8 Å². The lowest BCUT2D eigenvalue weighted by molar-refractivity contribution is 0.00671. The van der Waals surface area contributed by atoms with Gasteiger partial charge in [0.05, 0.1) is 13.2 Å². The minimum absolute atomic E-state index is 0.0522. The Bertz CT molecular complexity index is 518. The molecule has 1 aromatic rings. The monoisotopic (exact) mass is 307 g/mol. The van der Waals surface area contributed by atoms with E-state index < -0.39 is 0 Å². The highest BCUT2D eigenvalue weighted by Crippen LogP contribution is 2.12. The van der Waals surface area contributed by atoms with Crippen molar-refractivity contribution in [3.8, 4) is 0 Å². The van der Waals surface area contributed by atoms with E-state index in [0.717, 1.165) is 26.3 Å². The smallest absolute Gasteiger partial charge is 0.267 e. The largest absolute Gasteiger partial charge is 0.379 e. The molecule has 6 nitrogen and oxygen atoms in total. The number of H-pyrrole nitrogens is 1. The predicted molar refractivity (Wildman–Crippen MR) is 84.1 cm³/mol. The molecule has 0 radical (unpaired) electrons. The maximum Gasteiger partial charge on any atom is 0.267 e. The highest BCUT2D eigenvalue weighted by molar-refractivity contribution is 5.99. The van der Waals surface area contributed by atoms with E-state index in [1.54, 1.807) is 12.3 Å². The Morgan fingerprint density at radius 3 is 2.59 bits per heavy atom. The first-order chi connectivity index (χ1) is 10.5. The maximum atomic E-state index is 12.2. The third-order valence-electron chi connectivity index (χ3n) is 4.09. The van der Waals surface area contributed by atoms with Crippen LogP contribution in [0.5, 0.6) is 0 Å². The number of Topliss-reactive ketones (excluding diaryl/α,β-unsaturated/α-hetero) is 1. The molecule has 1 unspecified atom stereocenters. The molecule has 0 aromatic carbocycles. The molecular formula is C16H25N3O3. The molecule has 1 aliphatic heterocycles. The van der Waals surface area contributed by atoms with Gasteiger partial charge in [0, 0.05) is 37.4 Å². The van der Waals surface area contributed by atoms with Crippen LogP contribution in [-0.2, 0) is 4.74 Å². The number of morpholine rings is 1. The normalized spacial score (nSPS) is 17.5. The Labute approximate surface area is 131 Å². The van der Waals surface area contributed by atoms with Crippen molar-refractivity contribution in [2.75, 3.05) is 32.8 Å². The second kappa shape index (κ2) is 7.56. The van der Waals surface area contributed by atoms with Crippen LogP contribution in [0.25, 0.3) is 0 Å². The summed E-state index contributed by atoms with van der Waals surface area (Å²) in [5, 5.41) is 2.97. The van der Waals surface area contributed by atoms with Gasteiger partial charge in [-0.3, -0.25) is 14.5 Å². The number of carbonyl (C=O) groups excluding carboxylic acids is 2. The Balaban J connectivity index is 1.93. The van der Waals surface area contributed by atoms with Crippen molar-refractivity contribution < 1.29 is 14.3 Å². The Morgan fingerprint density at radius 2 is 2.05 bits per heavy atom. The van der Waals surface area contributed by atoms with Crippen LogP contribution in [0, 0.1) is 5.92 Å². The van der Waals surface area contributed by atoms with Gasteiger partial charge in [-0.05, 0) is 18.9 Å². The van der Waals surface area contributed by atoms with Crippen molar-refractivity contribution in [1.82, 2.24) is 15.2 Å². The Kier molecular flexibility index (Phi) is 5.74. The molecule has 22 heavy (non-hydrogen) atoms. The number of nitrogens with one attached hydrogen (secondary N) is 2. The fraction of sp³-hybridized carbons (Fsp3) is 0.625. The van der Waals surface area contributed by atoms with Gasteiger partial charge in [0.1, 0.15) is 5.69 Å². The lowest BCUT2D eigenvalue weighted by Gasteiger charge is -2.36. The molecular weight excluding hydrogens is 282 g/mol. The molecule has 2 heterocycles. The van der Waals surface area contributed by atoms with Crippen molar-refractivity contribution in [3.05, 3.63) is 23.5 Å². The third-order valence-corrected chi connectivity index (χ3v) is 4.09. The summed E-state index contributed by atoms with van der Waals surface area (Å²) in [5.74, 6) is 0.213. The molecule has 1 saturated heterocycles. The Hall–Kier alpha value is -1.66. The SMILES string of the molecule is CC(=O)c1c[nH]c(C(=O)NCC(C(C)C)N2CCOCC2)c1. The molecule has 0 saturated carbocycles. The van der Waals surface area contributed by atoms with Crippen LogP contribution in [-0.4, -0.2) is 60.5 Å². The zero-order chi connectivity index (χ0) is 16.1. The maximum absolute atomic E-state index is 12.2. The highest BCUT2D eigenvalue weighted by Gasteiger charge is 2.24. The Morgan fingerprint density at radius 1 is 1.36 bits per heavy atom. The molecule has 0 bridgehead atoms. The van der Waals surface area contributed by atoms with Crippen LogP contribution in [0.3, 0.4) is 0 Å². The molecule has 1 aliphatic rings. The fourth-order valence-electron chi connectivity index (χ4n) is 2.72. The summed E-state index contributed by atoms with van der Waals surface area (Å²) in [7, 11) is 0. The number of carbonyl (C=O) groups is 2. The fourth-order valence-corrected chi connectivity index (χ4v) is 2.72. The topological polar surface area (TPSA) is 74.4 Å². The van der Waals surface area contributed by atoms with E-state index in [1.165, 1.54) is 6.92 Å². The van der Waals surface area contributed by atoms with E-state index in [-0.39, 0.29) is 17.7 Å². The summed E-state index contributed by atoms with van der Waals surface area (Å²) in [6.07, 6.45) is 1.57. The van der Waals surface area contributed by atoms with Gasteiger partial charge in [-0.25, -0.2) is 0 Å². The van der Waals surface area contributed by atoms with Gasteiger partial charge >= 0.3 is 0 Å². The van der Waals surface area contributed by atoms with Gasteiger partial charge in [-0.15, -0.1) is 0 Å². The lowest BCUT2D eigenvalue weighted by atomic mass is 10.0. The summed E-state index contributed by atoms with van der Waals surface area (Å²) in [6, 6.07) is 1.88.